The predicted octanol–water partition coefficient (Wildman–Crippen LogP) is 3.14. The maximum absolute atomic E-state index is 9.72. The molecular weight excluding hydrogens is 221 g/mol. The van der Waals surface area contributed by atoms with Gasteiger partial charge in [0.15, 0.2) is 5.72 Å². The highest BCUT2D eigenvalue weighted by Gasteiger charge is 2.22. The van der Waals surface area contributed by atoms with Gasteiger partial charge in [0.1, 0.15) is 0 Å². The first kappa shape index (κ1) is 9.84. The topological polar surface area (TPSA) is 32.3 Å². The summed E-state index contributed by atoms with van der Waals surface area (Å²) < 4.78 is 0. The molecule has 0 spiro atoms. The number of anilines is 1. The highest BCUT2D eigenvalue weighted by atomic mass is 35.5. The van der Waals surface area contributed by atoms with Gasteiger partial charge >= 0.3 is 0 Å². The normalized spacial score (nSPS) is 24.3. The lowest BCUT2D eigenvalue weighted by atomic mass is 10.0. The third kappa shape index (κ3) is 1.73. The van der Waals surface area contributed by atoms with Crippen LogP contribution in [0, 0.1) is 0 Å². The van der Waals surface area contributed by atoms with Crippen molar-refractivity contribution in [2.45, 2.75) is 12.6 Å². The van der Waals surface area contributed by atoms with Gasteiger partial charge in [0, 0.05) is 16.3 Å². The van der Waals surface area contributed by atoms with Crippen molar-refractivity contribution in [3.63, 3.8) is 0 Å². The van der Waals surface area contributed by atoms with Gasteiger partial charge in [0.25, 0.3) is 0 Å². The summed E-state index contributed by atoms with van der Waals surface area (Å²) in [5.41, 5.74) is 0.554. The van der Waals surface area contributed by atoms with E-state index < -0.39 is 5.72 Å². The van der Waals surface area contributed by atoms with E-state index in [1.807, 2.05) is 0 Å². The Morgan fingerprint density at radius 3 is 2.79 bits per heavy atom. The predicted molar refractivity (Wildman–Crippen MR) is 59.7 cm³/mol. The summed E-state index contributed by atoms with van der Waals surface area (Å²) in [6, 6.07) is 3.41. The van der Waals surface area contributed by atoms with E-state index in [0.29, 0.717) is 10.0 Å². The SMILES string of the molecule is CC1(O)C=Cc2c(Cl)cc(Cl)cc2N1. The zero-order valence-electron chi connectivity index (χ0n) is 7.51. The Bertz CT molecular complexity index is 413. The second kappa shape index (κ2) is 3.16. The summed E-state index contributed by atoms with van der Waals surface area (Å²) in [6.45, 7) is 1.65. The van der Waals surface area contributed by atoms with Crippen LogP contribution in [0.1, 0.15) is 12.5 Å². The average molecular weight is 230 g/mol. The van der Waals surface area contributed by atoms with E-state index in [-0.39, 0.29) is 0 Å². The number of rotatable bonds is 0. The first-order chi connectivity index (χ1) is 6.48. The third-order valence-corrected chi connectivity index (χ3v) is 2.59. The maximum atomic E-state index is 9.72. The molecule has 2 N–H and O–H groups in total. The number of halogens is 2. The molecule has 4 heteroatoms. The number of hydrogen-bond donors (Lipinski definition) is 2. The van der Waals surface area contributed by atoms with Crippen molar-refractivity contribution < 1.29 is 5.11 Å². The molecule has 1 aliphatic heterocycles. The second-order valence-corrected chi connectivity index (χ2v) is 4.30. The van der Waals surface area contributed by atoms with E-state index in [9.17, 15) is 5.11 Å². The summed E-state index contributed by atoms with van der Waals surface area (Å²) >= 11 is 11.8. The van der Waals surface area contributed by atoms with E-state index in [1.165, 1.54) is 0 Å². The van der Waals surface area contributed by atoms with Crippen molar-refractivity contribution in [3.05, 3.63) is 33.8 Å². The standard InChI is InChI=1S/C10H9Cl2NO/c1-10(14)3-2-7-8(12)4-6(11)5-9(7)13-10/h2-5,13-14H,1H3. The van der Waals surface area contributed by atoms with Gasteiger partial charge in [-0.05, 0) is 25.1 Å². The van der Waals surface area contributed by atoms with E-state index in [1.54, 1.807) is 31.2 Å². The molecule has 1 aromatic rings. The van der Waals surface area contributed by atoms with Crippen molar-refractivity contribution in [2.75, 3.05) is 5.32 Å². The lowest BCUT2D eigenvalue weighted by Gasteiger charge is -2.27. The van der Waals surface area contributed by atoms with Gasteiger partial charge in [-0.1, -0.05) is 29.3 Å². The molecule has 0 radical (unpaired) electrons. The minimum absolute atomic E-state index is 0.548. The number of nitrogens with one attached hydrogen (secondary N) is 1. The van der Waals surface area contributed by atoms with E-state index >= 15 is 0 Å². The number of fused-ring (bicyclic) bond motifs is 1. The second-order valence-electron chi connectivity index (χ2n) is 3.45. The van der Waals surface area contributed by atoms with Crippen LogP contribution >= 0.6 is 23.2 Å². The molecule has 2 rings (SSSR count). The maximum Gasteiger partial charge on any atom is 0.152 e. The zero-order chi connectivity index (χ0) is 10.3. The van der Waals surface area contributed by atoms with Crippen molar-refractivity contribution in [1.29, 1.82) is 0 Å². The Labute approximate surface area is 92.1 Å². The van der Waals surface area contributed by atoms with E-state index in [4.69, 9.17) is 23.2 Å². The first-order valence-corrected chi connectivity index (χ1v) is 4.92. The fourth-order valence-corrected chi connectivity index (χ4v) is 1.97. The lowest BCUT2D eigenvalue weighted by molar-refractivity contribution is 0.142. The molecule has 0 saturated carbocycles. The molecular formula is C10H9Cl2NO. The molecule has 14 heavy (non-hydrogen) atoms. The molecule has 0 aromatic heterocycles. The number of hydrogen-bond acceptors (Lipinski definition) is 2. The van der Waals surface area contributed by atoms with Crippen LogP contribution in [0.25, 0.3) is 6.08 Å². The lowest BCUT2D eigenvalue weighted by Crippen LogP contribution is -2.33. The van der Waals surface area contributed by atoms with Crippen LogP contribution in [0.5, 0.6) is 0 Å². The van der Waals surface area contributed by atoms with Gasteiger partial charge in [0.2, 0.25) is 0 Å². The number of benzene rings is 1. The average Bonchev–Trinajstić information content (AvgIpc) is 2.00. The largest absolute Gasteiger partial charge is 0.368 e. The molecule has 1 aliphatic rings. The van der Waals surface area contributed by atoms with Crippen LogP contribution in [-0.4, -0.2) is 10.8 Å². The molecule has 0 aliphatic carbocycles. The minimum atomic E-state index is -1.04. The van der Waals surface area contributed by atoms with Gasteiger partial charge in [-0.15, -0.1) is 0 Å². The molecule has 1 unspecified atom stereocenters. The number of aliphatic hydroxyl groups is 1. The third-order valence-electron chi connectivity index (χ3n) is 2.06. The van der Waals surface area contributed by atoms with Crippen molar-refractivity contribution in [2.24, 2.45) is 0 Å². The highest BCUT2D eigenvalue weighted by molar-refractivity contribution is 6.36. The van der Waals surface area contributed by atoms with Crippen molar-refractivity contribution >= 4 is 35.0 Å². The molecule has 1 aromatic carbocycles. The first-order valence-electron chi connectivity index (χ1n) is 4.17. The molecule has 1 atom stereocenters. The highest BCUT2D eigenvalue weighted by Crippen LogP contribution is 2.34. The summed E-state index contributed by atoms with van der Waals surface area (Å²) in [5, 5.41) is 13.8. The van der Waals surface area contributed by atoms with Crippen LogP contribution in [-0.2, 0) is 0 Å². The van der Waals surface area contributed by atoms with Crippen LogP contribution in [0.3, 0.4) is 0 Å². The Balaban J connectivity index is 2.56. The fraction of sp³-hybridized carbons (Fsp3) is 0.200. The van der Waals surface area contributed by atoms with Crippen LogP contribution in [0.4, 0.5) is 5.69 Å². The Morgan fingerprint density at radius 1 is 1.36 bits per heavy atom. The van der Waals surface area contributed by atoms with Crippen LogP contribution in [0.2, 0.25) is 10.0 Å². The van der Waals surface area contributed by atoms with Crippen LogP contribution < -0.4 is 5.32 Å². The molecule has 0 bridgehead atoms. The fourth-order valence-electron chi connectivity index (χ4n) is 1.42. The summed E-state index contributed by atoms with van der Waals surface area (Å²) in [6.07, 6.45) is 3.43. The van der Waals surface area contributed by atoms with Gasteiger partial charge in [0.05, 0.1) is 5.02 Å². The molecule has 1 heterocycles. The minimum Gasteiger partial charge on any atom is -0.368 e. The smallest absolute Gasteiger partial charge is 0.152 e. The zero-order valence-corrected chi connectivity index (χ0v) is 9.02. The van der Waals surface area contributed by atoms with Gasteiger partial charge < -0.3 is 10.4 Å². The Hall–Kier alpha value is -0.700. The molecule has 0 amide bonds. The molecule has 0 fully saturated rings. The Morgan fingerprint density at radius 2 is 2.07 bits per heavy atom. The van der Waals surface area contributed by atoms with Crippen LogP contribution in [0.15, 0.2) is 18.2 Å². The molecule has 74 valence electrons. The Kier molecular flexibility index (Phi) is 2.22. The van der Waals surface area contributed by atoms with Gasteiger partial charge in [-0.3, -0.25) is 0 Å². The van der Waals surface area contributed by atoms with Gasteiger partial charge in [-0.25, -0.2) is 0 Å². The molecule has 0 saturated heterocycles. The van der Waals surface area contributed by atoms with E-state index in [0.717, 1.165) is 11.3 Å². The van der Waals surface area contributed by atoms with Gasteiger partial charge in [-0.2, -0.15) is 0 Å². The summed E-state index contributed by atoms with van der Waals surface area (Å²) in [4.78, 5) is 0. The van der Waals surface area contributed by atoms with Crippen molar-refractivity contribution in [3.8, 4) is 0 Å². The van der Waals surface area contributed by atoms with E-state index in [2.05, 4.69) is 5.32 Å². The molecule has 2 nitrogen and oxygen atoms in total. The monoisotopic (exact) mass is 229 g/mol. The quantitative estimate of drug-likeness (QED) is 0.717. The summed E-state index contributed by atoms with van der Waals surface area (Å²) in [7, 11) is 0. The summed E-state index contributed by atoms with van der Waals surface area (Å²) in [5.74, 6) is 0. The van der Waals surface area contributed by atoms with Crippen molar-refractivity contribution in [1.82, 2.24) is 0 Å².